The second kappa shape index (κ2) is 6.94. The molecule has 3 nitrogen and oxygen atoms in total. The summed E-state index contributed by atoms with van der Waals surface area (Å²) in [5.74, 6) is 2.21. The minimum Gasteiger partial charge on any atom is -0.497 e. The van der Waals surface area contributed by atoms with Gasteiger partial charge in [0.1, 0.15) is 17.5 Å². The van der Waals surface area contributed by atoms with Crippen molar-refractivity contribution in [1.29, 1.82) is 5.26 Å². The maximum absolute atomic E-state index is 10.3. The first-order valence-corrected chi connectivity index (χ1v) is 11.0. The molecule has 0 aromatic heterocycles. The Morgan fingerprint density at radius 1 is 1.14 bits per heavy atom. The molecule has 0 N–H and O–H groups in total. The fourth-order valence-electron chi connectivity index (χ4n) is 6.42. The van der Waals surface area contributed by atoms with E-state index in [1.165, 1.54) is 5.56 Å². The number of nitriles is 1. The van der Waals surface area contributed by atoms with Crippen molar-refractivity contribution in [3.8, 4) is 11.8 Å². The molecule has 1 aromatic rings. The topological polar surface area (TPSA) is 42.2 Å². The maximum atomic E-state index is 10.3. The van der Waals surface area contributed by atoms with E-state index in [0.29, 0.717) is 17.8 Å². The quantitative estimate of drug-likeness (QED) is 0.623. The van der Waals surface area contributed by atoms with E-state index in [9.17, 15) is 5.26 Å². The smallest absolute Gasteiger partial charge is 0.120 e. The highest BCUT2D eigenvalue weighted by molar-refractivity contribution is 5.53. The number of hydrogen-bond acceptors (Lipinski definition) is 3. The predicted molar refractivity (Wildman–Crippen MR) is 116 cm³/mol. The van der Waals surface area contributed by atoms with E-state index in [0.717, 1.165) is 29.7 Å². The van der Waals surface area contributed by atoms with Gasteiger partial charge in [0.05, 0.1) is 17.7 Å². The molecule has 154 valence electrons. The van der Waals surface area contributed by atoms with Crippen molar-refractivity contribution in [2.75, 3.05) is 0 Å². The van der Waals surface area contributed by atoms with Crippen molar-refractivity contribution in [3.63, 3.8) is 0 Å². The summed E-state index contributed by atoms with van der Waals surface area (Å²) in [6.45, 7) is 13.5. The average molecular weight is 392 g/mol. The third-order valence-electron chi connectivity index (χ3n) is 7.57. The summed E-state index contributed by atoms with van der Waals surface area (Å²) in [5.41, 5.74) is 2.75. The largest absolute Gasteiger partial charge is 0.497 e. The fourth-order valence-corrected chi connectivity index (χ4v) is 6.42. The molecule has 1 aromatic carbocycles. The lowest BCUT2D eigenvalue weighted by Gasteiger charge is -2.46. The standard InChI is InChI=1S/C26H33NO2/c1-16(2)26(17(3)4,18(5)6)29-21-9-10-22-20(12-21)13-23-24-19(14-28-23)8-7-11-25(22,24)15-27/h7-10,12,14,16-18,23-24H,11,13H2,1-6H3/t23-,24-,25-/m1/s1. The average Bonchev–Trinajstić information content (AvgIpc) is 3.09. The molecule has 1 heterocycles. The Balaban J connectivity index is 1.76. The Labute approximate surface area is 175 Å². The Morgan fingerprint density at radius 2 is 1.83 bits per heavy atom. The van der Waals surface area contributed by atoms with Crippen LogP contribution in [0, 0.1) is 35.0 Å². The Morgan fingerprint density at radius 3 is 2.45 bits per heavy atom. The highest BCUT2D eigenvalue weighted by Gasteiger charge is 2.54. The molecular weight excluding hydrogens is 358 g/mol. The SMILES string of the molecule is CC(C)C(Oc1ccc2c(c1)C[C@H]1OC=C3C=CC[C@]2(C#N)[C@H]31)(C(C)C)C(C)C. The second-order valence-electron chi connectivity index (χ2n) is 9.90. The Bertz CT molecular complexity index is 880. The zero-order valence-corrected chi connectivity index (χ0v) is 18.5. The van der Waals surface area contributed by atoms with Crippen LogP contribution in [0.15, 0.2) is 42.2 Å². The fraction of sp³-hybridized carbons (Fsp3) is 0.577. The van der Waals surface area contributed by atoms with E-state index in [-0.39, 0.29) is 17.6 Å². The number of nitrogens with zero attached hydrogens (tertiary/aromatic N) is 1. The zero-order chi connectivity index (χ0) is 21.0. The van der Waals surface area contributed by atoms with Crippen LogP contribution in [0.25, 0.3) is 0 Å². The van der Waals surface area contributed by atoms with E-state index in [4.69, 9.17) is 9.47 Å². The van der Waals surface area contributed by atoms with Crippen molar-refractivity contribution in [3.05, 3.63) is 53.3 Å². The summed E-state index contributed by atoms with van der Waals surface area (Å²) in [6, 6.07) is 9.08. The molecule has 0 fully saturated rings. The molecule has 3 atom stereocenters. The van der Waals surface area contributed by atoms with E-state index in [2.05, 4.69) is 78.0 Å². The summed E-state index contributed by atoms with van der Waals surface area (Å²) < 4.78 is 12.8. The van der Waals surface area contributed by atoms with Gasteiger partial charge in [0.15, 0.2) is 0 Å². The highest BCUT2D eigenvalue weighted by atomic mass is 16.5. The molecule has 0 saturated carbocycles. The molecule has 0 radical (unpaired) electrons. The van der Waals surface area contributed by atoms with Crippen LogP contribution in [-0.2, 0) is 16.6 Å². The van der Waals surface area contributed by atoms with Crippen molar-refractivity contribution < 1.29 is 9.47 Å². The lowest BCUT2D eigenvalue weighted by Crippen LogP contribution is -2.51. The molecule has 3 heteroatoms. The molecule has 0 spiro atoms. The molecule has 1 aliphatic heterocycles. The lowest BCUT2D eigenvalue weighted by molar-refractivity contribution is -0.0608. The van der Waals surface area contributed by atoms with Crippen molar-refractivity contribution >= 4 is 0 Å². The van der Waals surface area contributed by atoms with Gasteiger partial charge in [-0.1, -0.05) is 59.8 Å². The van der Waals surface area contributed by atoms with Crippen LogP contribution < -0.4 is 4.74 Å². The number of fused-ring (bicyclic) bond motifs is 2. The van der Waals surface area contributed by atoms with Crippen molar-refractivity contribution in [2.24, 2.45) is 23.7 Å². The molecule has 0 unspecified atom stereocenters. The van der Waals surface area contributed by atoms with E-state index in [1.807, 2.05) is 6.26 Å². The number of allylic oxidation sites excluding steroid dienone is 2. The van der Waals surface area contributed by atoms with Gasteiger partial charge in [-0.25, -0.2) is 0 Å². The van der Waals surface area contributed by atoms with E-state index < -0.39 is 5.41 Å². The normalized spacial score (nSPS) is 27.4. The summed E-state index contributed by atoms with van der Waals surface area (Å²) >= 11 is 0. The maximum Gasteiger partial charge on any atom is 0.120 e. The van der Waals surface area contributed by atoms with Crippen LogP contribution in [0.5, 0.6) is 5.75 Å². The van der Waals surface area contributed by atoms with Crippen LogP contribution >= 0.6 is 0 Å². The van der Waals surface area contributed by atoms with Crippen molar-refractivity contribution in [2.45, 2.75) is 71.5 Å². The number of benzene rings is 1. The Kier molecular flexibility index (Phi) is 4.80. The first kappa shape index (κ1) is 20.1. The molecule has 0 amide bonds. The van der Waals surface area contributed by atoms with Gasteiger partial charge in [0.25, 0.3) is 0 Å². The molecule has 29 heavy (non-hydrogen) atoms. The van der Waals surface area contributed by atoms with Crippen molar-refractivity contribution in [1.82, 2.24) is 0 Å². The summed E-state index contributed by atoms with van der Waals surface area (Å²) in [7, 11) is 0. The van der Waals surface area contributed by atoms with Gasteiger partial charge < -0.3 is 9.47 Å². The summed E-state index contributed by atoms with van der Waals surface area (Å²) in [5, 5.41) is 10.3. The predicted octanol–water partition coefficient (Wildman–Crippen LogP) is 5.95. The van der Waals surface area contributed by atoms with Crippen LogP contribution in [0.4, 0.5) is 0 Å². The van der Waals surface area contributed by atoms with Gasteiger partial charge in [-0.05, 0) is 53.0 Å². The molecule has 3 aliphatic rings. The molecule has 0 saturated heterocycles. The van der Waals surface area contributed by atoms with Gasteiger partial charge in [-0.2, -0.15) is 5.26 Å². The van der Waals surface area contributed by atoms with Gasteiger partial charge in [0, 0.05) is 12.3 Å². The summed E-state index contributed by atoms with van der Waals surface area (Å²) in [4.78, 5) is 0. The second-order valence-corrected chi connectivity index (χ2v) is 9.90. The molecule has 0 bridgehead atoms. The minimum atomic E-state index is -0.529. The first-order valence-electron chi connectivity index (χ1n) is 11.0. The third-order valence-corrected chi connectivity index (χ3v) is 7.57. The third kappa shape index (κ3) is 2.75. The van der Waals surface area contributed by atoms with Gasteiger partial charge in [-0.15, -0.1) is 0 Å². The zero-order valence-electron chi connectivity index (χ0n) is 18.5. The van der Waals surface area contributed by atoms with Crippen LogP contribution in [0.2, 0.25) is 0 Å². The first-order chi connectivity index (χ1) is 13.8. The summed E-state index contributed by atoms with van der Waals surface area (Å²) in [6.07, 6.45) is 7.73. The number of hydrogen-bond donors (Lipinski definition) is 0. The lowest BCUT2D eigenvalue weighted by atomic mass is 9.58. The Hall–Kier alpha value is -2.21. The van der Waals surface area contributed by atoms with Gasteiger partial charge in [0.2, 0.25) is 0 Å². The van der Waals surface area contributed by atoms with Crippen LogP contribution in [0.3, 0.4) is 0 Å². The van der Waals surface area contributed by atoms with E-state index >= 15 is 0 Å². The molecule has 2 aliphatic carbocycles. The molecular formula is C26H33NO2. The van der Waals surface area contributed by atoms with Gasteiger partial charge in [-0.3, -0.25) is 0 Å². The van der Waals surface area contributed by atoms with Crippen LogP contribution in [-0.4, -0.2) is 11.7 Å². The number of ether oxygens (including phenoxy) is 2. The minimum absolute atomic E-state index is 0.0439. The molecule has 4 rings (SSSR count). The van der Waals surface area contributed by atoms with Gasteiger partial charge >= 0.3 is 0 Å². The monoisotopic (exact) mass is 391 g/mol. The van der Waals surface area contributed by atoms with Crippen LogP contribution in [0.1, 0.15) is 59.1 Å². The number of rotatable bonds is 5. The highest BCUT2D eigenvalue weighted by Crippen LogP contribution is 2.53. The van der Waals surface area contributed by atoms with E-state index in [1.54, 1.807) is 0 Å².